The number of Topliss-reactive ketones (excluding diaryl/α,β-unsaturated/α-hetero) is 1. The zero-order chi connectivity index (χ0) is 25.5. The Balaban J connectivity index is 1.90. The van der Waals surface area contributed by atoms with E-state index in [0.29, 0.717) is 16.7 Å². The maximum atomic E-state index is 13.3. The summed E-state index contributed by atoms with van der Waals surface area (Å²) in [6.07, 6.45) is -5.27. The number of ether oxygens (including phenoxy) is 1. The van der Waals surface area contributed by atoms with Gasteiger partial charge in [0, 0.05) is 17.1 Å². The van der Waals surface area contributed by atoms with Crippen molar-refractivity contribution in [3.8, 4) is 0 Å². The normalized spacial score (nSPS) is 18.6. The average Bonchev–Trinajstić information content (AvgIpc) is 2.98. The first-order valence-corrected chi connectivity index (χ1v) is 12.2. The van der Waals surface area contributed by atoms with Crippen molar-refractivity contribution >= 4 is 33.4 Å². The molecule has 0 unspecified atom stereocenters. The van der Waals surface area contributed by atoms with Crippen molar-refractivity contribution in [2.45, 2.75) is 50.3 Å². The number of halogens is 4. The SMILES string of the molecule is CC(C)(C)OC(=O)[C@]1(CCNS(=O)(=O)c2ccccc2C(F)(F)F)Cc2cc(Cl)ccc2C1=O. The van der Waals surface area contributed by atoms with Gasteiger partial charge in [-0.15, -0.1) is 0 Å². The predicted octanol–water partition coefficient (Wildman–Crippen LogP) is 4.79. The fourth-order valence-corrected chi connectivity index (χ4v) is 5.30. The third kappa shape index (κ3) is 5.29. The molecule has 6 nitrogen and oxygen atoms in total. The van der Waals surface area contributed by atoms with Gasteiger partial charge in [0.25, 0.3) is 0 Å². The number of alkyl halides is 3. The third-order valence-electron chi connectivity index (χ3n) is 5.35. The Hall–Kier alpha value is -2.43. The van der Waals surface area contributed by atoms with Crippen LogP contribution in [-0.2, 0) is 32.2 Å². The van der Waals surface area contributed by atoms with Gasteiger partial charge in [-0.05, 0) is 69.5 Å². The highest BCUT2D eigenvalue weighted by Crippen LogP contribution is 2.42. The maximum absolute atomic E-state index is 13.3. The van der Waals surface area contributed by atoms with Crippen molar-refractivity contribution in [1.82, 2.24) is 4.72 Å². The molecule has 0 bridgehead atoms. The van der Waals surface area contributed by atoms with Crippen LogP contribution < -0.4 is 4.72 Å². The van der Waals surface area contributed by atoms with E-state index in [2.05, 4.69) is 4.72 Å². The average molecular weight is 518 g/mol. The number of rotatable bonds is 6. The molecule has 0 aliphatic heterocycles. The molecule has 0 fully saturated rings. The minimum absolute atomic E-state index is 0.0719. The molecule has 1 aliphatic carbocycles. The van der Waals surface area contributed by atoms with Gasteiger partial charge in [0.15, 0.2) is 5.78 Å². The molecule has 2 aromatic carbocycles. The quantitative estimate of drug-likeness (QED) is 0.439. The van der Waals surface area contributed by atoms with Gasteiger partial charge in [0.2, 0.25) is 10.0 Å². The van der Waals surface area contributed by atoms with Gasteiger partial charge in [0.05, 0.1) is 10.5 Å². The summed E-state index contributed by atoms with van der Waals surface area (Å²) in [5, 5.41) is 0.357. The highest BCUT2D eigenvalue weighted by atomic mass is 35.5. The maximum Gasteiger partial charge on any atom is 0.417 e. The molecule has 0 spiro atoms. The molecule has 11 heteroatoms. The van der Waals surface area contributed by atoms with Crippen LogP contribution in [0.3, 0.4) is 0 Å². The standard InChI is InChI=1S/C23H23ClF3NO5S/c1-21(2,3)33-20(30)22(13-14-12-15(24)8-9-16(14)19(22)29)10-11-28-34(31,32)18-7-5-4-6-17(18)23(25,26)27/h4-9,12,28H,10-11,13H2,1-3H3/t22-/m1/s1. The minimum Gasteiger partial charge on any atom is -0.459 e. The lowest BCUT2D eigenvalue weighted by Crippen LogP contribution is -2.44. The first-order valence-electron chi connectivity index (χ1n) is 10.3. The Bertz CT molecular complexity index is 1240. The molecule has 184 valence electrons. The molecule has 0 amide bonds. The number of ketones is 1. The summed E-state index contributed by atoms with van der Waals surface area (Å²) in [4.78, 5) is 25.5. The molecule has 3 rings (SSSR count). The van der Waals surface area contributed by atoms with Crippen LogP contribution in [0.15, 0.2) is 47.4 Å². The summed E-state index contributed by atoms with van der Waals surface area (Å²) in [5.41, 5.74) is -3.22. The van der Waals surface area contributed by atoms with Gasteiger partial charge in [-0.25, -0.2) is 13.1 Å². The fraction of sp³-hybridized carbons (Fsp3) is 0.391. The second kappa shape index (κ2) is 8.98. The Morgan fingerprint density at radius 1 is 1.15 bits per heavy atom. The van der Waals surface area contributed by atoms with Gasteiger partial charge >= 0.3 is 12.1 Å². The Labute approximate surface area is 200 Å². The highest BCUT2D eigenvalue weighted by Gasteiger charge is 2.53. The summed E-state index contributed by atoms with van der Waals surface area (Å²) >= 11 is 6.02. The second-order valence-electron chi connectivity index (χ2n) is 9.03. The minimum atomic E-state index is -4.88. The van der Waals surface area contributed by atoms with Crippen LogP contribution in [0.4, 0.5) is 13.2 Å². The van der Waals surface area contributed by atoms with Crippen molar-refractivity contribution in [1.29, 1.82) is 0 Å². The number of esters is 1. The van der Waals surface area contributed by atoms with Crippen molar-refractivity contribution in [2.75, 3.05) is 6.54 Å². The van der Waals surface area contributed by atoms with E-state index in [0.717, 1.165) is 12.1 Å². The number of hydrogen-bond acceptors (Lipinski definition) is 5. The summed E-state index contributed by atoms with van der Waals surface area (Å²) in [7, 11) is -4.60. The van der Waals surface area contributed by atoms with E-state index in [9.17, 15) is 31.2 Å². The van der Waals surface area contributed by atoms with Crippen LogP contribution in [-0.4, -0.2) is 32.3 Å². The molecule has 34 heavy (non-hydrogen) atoms. The number of nitrogens with one attached hydrogen (secondary N) is 1. The molecule has 0 aromatic heterocycles. The first-order chi connectivity index (χ1) is 15.6. The Kier molecular flexibility index (Phi) is 6.91. The van der Waals surface area contributed by atoms with Crippen LogP contribution >= 0.6 is 11.6 Å². The first kappa shape index (κ1) is 26.2. The molecular formula is C23H23ClF3NO5S. The lowest BCUT2D eigenvalue weighted by atomic mass is 9.80. The molecule has 0 saturated carbocycles. The van der Waals surface area contributed by atoms with E-state index in [4.69, 9.17) is 16.3 Å². The zero-order valence-electron chi connectivity index (χ0n) is 18.6. The number of fused-ring (bicyclic) bond motifs is 1. The summed E-state index contributed by atoms with van der Waals surface area (Å²) < 4.78 is 72.8. The molecule has 1 N–H and O–H groups in total. The third-order valence-corrected chi connectivity index (χ3v) is 7.11. The van der Waals surface area contributed by atoms with Crippen LogP contribution in [0.2, 0.25) is 5.02 Å². The van der Waals surface area contributed by atoms with E-state index >= 15 is 0 Å². The summed E-state index contributed by atoms with van der Waals surface area (Å²) in [5.74, 6) is -1.39. The number of carbonyl (C=O) groups excluding carboxylic acids is 2. The van der Waals surface area contributed by atoms with E-state index in [1.54, 1.807) is 26.8 Å². The van der Waals surface area contributed by atoms with Gasteiger partial charge in [-0.1, -0.05) is 23.7 Å². The molecule has 1 atom stereocenters. The van der Waals surface area contributed by atoms with Crippen molar-refractivity contribution < 1.29 is 35.9 Å². The van der Waals surface area contributed by atoms with Gasteiger partial charge in [-0.2, -0.15) is 13.2 Å². The van der Waals surface area contributed by atoms with Crippen LogP contribution in [0.1, 0.15) is 48.7 Å². The van der Waals surface area contributed by atoms with Crippen LogP contribution in [0.5, 0.6) is 0 Å². The molecule has 0 radical (unpaired) electrons. The van der Waals surface area contributed by atoms with Crippen molar-refractivity contribution in [3.63, 3.8) is 0 Å². The second-order valence-corrected chi connectivity index (χ2v) is 11.2. The monoisotopic (exact) mass is 517 g/mol. The van der Waals surface area contributed by atoms with Crippen molar-refractivity contribution in [2.24, 2.45) is 5.41 Å². The largest absolute Gasteiger partial charge is 0.459 e. The van der Waals surface area contributed by atoms with Gasteiger partial charge in [-0.3, -0.25) is 9.59 Å². The lowest BCUT2D eigenvalue weighted by molar-refractivity contribution is -0.164. The Morgan fingerprint density at radius 3 is 2.41 bits per heavy atom. The van der Waals surface area contributed by atoms with Crippen molar-refractivity contribution in [3.05, 3.63) is 64.2 Å². The predicted molar refractivity (Wildman–Crippen MR) is 119 cm³/mol. The van der Waals surface area contributed by atoms with Gasteiger partial charge in [0.1, 0.15) is 11.0 Å². The lowest BCUT2D eigenvalue weighted by Gasteiger charge is -2.30. The molecule has 2 aromatic rings. The van der Waals surface area contributed by atoms with E-state index in [1.165, 1.54) is 18.2 Å². The summed E-state index contributed by atoms with van der Waals surface area (Å²) in [6.45, 7) is 4.40. The highest BCUT2D eigenvalue weighted by molar-refractivity contribution is 7.89. The van der Waals surface area contributed by atoms with E-state index < -0.39 is 56.0 Å². The smallest absolute Gasteiger partial charge is 0.417 e. The number of carbonyl (C=O) groups is 2. The van der Waals surface area contributed by atoms with E-state index in [-0.39, 0.29) is 18.4 Å². The Morgan fingerprint density at radius 2 is 1.79 bits per heavy atom. The number of benzene rings is 2. The number of hydrogen-bond donors (Lipinski definition) is 1. The topological polar surface area (TPSA) is 89.5 Å². The fourth-order valence-electron chi connectivity index (χ4n) is 3.85. The molecule has 1 aliphatic rings. The van der Waals surface area contributed by atoms with Crippen LogP contribution in [0, 0.1) is 5.41 Å². The summed E-state index contributed by atoms with van der Waals surface area (Å²) in [6, 6.07) is 8.29. The van der Waals surface area contributed by atoms with E-state index in [1.807, 2.05) is 0 Å². The molecule has 0 heterocycles. The van der Waals surface area contributed by atoms with Crippen LogP contribution in [0.25, 0.3) is 0 Å². The molecular weight excluding hydrogens is 495 g/mol. The molecule has 0 saturated heterocycles. The zero-order valence-corrected chi connectivity index (χ0v) is 20.2. The number of sulfonamides is 1. The van der Waals surface area contributed by atoms with Gasteiger partial charge < -0.3 is 4.74 Å².